The van der Waals surface area contributed by atoms with Crippen molar-refractivity contribution in [2.24, 2.45) is 0 Å². The predicted octanol–water partition coefficient (Wildman–Crippen LogP) is 4.18. The Morgan fingerprint density at radius 3 is 2.68 bits per heavy atom. The summed E-state index contributed by atoms with van der Waals surface area (Å²) in [5.41, 5.74) is 4.41. The topological polar surface area (TPSA) is 50.8 Å². The zero-order valence-corrected chi connectivity index (χ0v) is 12.2. The number of hydrogen-bond donors (Lipinski definition) is 1. The molecule has 22 heavy (non-hydrogen) atoms. The molecule has 0 aliphatic rings. The second kappa shape index (κ2) is 5.15. The van der Waals surface area contributed by atoms with E-state index in [0.29, 0.717) is 12.5 Å². The van der Waals surface area contributed by atoms with E-state index in [1.165, 1.54) is 5.39 Å². The second-order valence-electron chi connectivity index (χ2n) is 5.12. The monoisotopic (exact) mass is 289 g/mol. The van der Waals surface area contributed by atoms with E-state index >= 15 is 0 Å². The van der Waals surface area contributed by atoms with Gasteiger partial charge in [0.25, 0.3) is 0 Å². The molecule has 3 heterocycles. The highest BCUT2D eigenvalue weighted by atomic mass is 16.5. The standard InChI is InChI=1S/C18H15N3O/c1-2-22-18-6-4-13(10-20-18)12-3-5-14-15-11-19-8-7-16(15)21-17(14)9-12/h3-11,21H,2H2,1H3. The molecule has 0 fully saturated rings. The predicted molar refractivity (Wildman–Crippen MR) is 88.0 cm³/mol. The van der Waals surface area contributed by atoms with Gasteiger partial charge in [0.1, 0.15) is 0 Å². The first-order valence-corrected chi connectivity index (χ1v) is 7.30. The first-order chi connectivity index (χ1) is 10.8. The van der Waals surface area contributed by atoms with Crippen molar-refractivity contribution in [1.29, 1.82) is 0 Å². The van der Waals surface area contributed by atoms with E-state index in [0.717, 1.165) is 27.5 Å². The number of ether oxygens (including phenoxy) is 1. The Kier molecular flexibility index (Phi) is 3.00. The van der Waals surface area contributed by atoms with E-state index in [1.54, 1.807) is 6.20 Å². The van der Waals surface area contributed by atoms with Crippen molar-refractivity contribution in [3.05, 3.63) is 55.0 Å². The zero-order valence-electron chi connectivity index (χ0n) is 12.2. The van der Waals surface area contributed by atoms with Gasteiger partial charge in [-0.3, -0.25) is 4.98 Å². The molecule has 0 aliphatic carbocycles. The van der Waals surface area contributed by atoms with E-state index in [9.17, 15) is 0 Å². The molecule has 0 saturated heterocycles. The van der Waals surface area contributed by atoms with Crippen LogP contribution in [0.2, 0.25) is 0 Å². The molecule has 0 saturated carbocycles. The molecular weight excluding hydrogens is 274 g/mol. The van der Waals surface area contributed by atoms with Crippen molar-refractivity contribution in [2.45, 2.75) is 6.92 Å². The summed E-state index contributed by atoms with van der Waals surface area (Å²) in [6.07, 6.45) is 5.54. The average molecular weight is 289 g/mol. The van der Waals surface area contributed by atoms with E-state index in [4.69, 9.17) is 4.74 Å². The molecule has 1 N–H and O–H groups in total. The lowest BCUT2D eigenvalue weighted by atomic mass is 10.1. The fraction of sp³-hybridized carbons (Fsp3) is 0.111. The van der Waals surface area contributed by atoms with Crippen LogP contribution >= 0.6 is 0 Å². The molecule has 3 aromatic heterocycles. The molecular formula is C18H15N3O. The van der Waals surface area contributed by atoms with Crippen LogP contribution in [0.1, 0.15) is 6.92 Å². The number of benzene rings is 1. The molecule has 0 amide bonds. The van der Waals surface area contributed by atoms with Crippen LogP contribution in [-0.2, 0) is 0 Å². The fourth-order valence-corrected chi connectivity index (χ4v) is 2.71. The summed E-state index contributed by atoms with van der Waals surface area (Å²) in [5.74, 6) is 0.656. The van der Waals surface area contributed by atoms with Crippen molar-refractivity contribution in [3.8, 4) is 17.0 Å². The lowest BCUT2D eigenvalue weighted by Gasteiger charge is -2.04. The maximum absolute atomic E-state index is 5.38. The van der Waals surface area contributed by atoms with Gasteiger partial charge in [-0.25, -0.2) is 4.98 Å². The van der Waals surface area contributed by atoms with Crippen LogP contribution < -0.4 is 4.74 Å². The number of aromatic amines is 1. The van der Waals surface area contributed by atoms with E-state index in [2.05, 4.69) is 33.2 Å². The minimum atomic E-state index is 0.626. The zero-order chi connectivity index (χ0) is 14.9. The van der Waals surface area contributed by atoms with Gasteiger partial charge in [0, 0.05) is 52.0 Å². The molecule has 4 rings (SSSR count). The number of H-pyrrole nitrogens is 1. The number of aromatic nitrogens is 3. The van der Waals surface area contributed by atoms with Gasteiger partial charge in [-0.05, 0) is 30.7 Å². The average Bonchev–Trinajstić information content (AvgIpc) is 2.93. The Labute approximate surface area is 127 Å². The van der Waals surface area contributed by atoms with Gasteiger partial charge in [-0.1, -0.05) is 12.1 Å². The first kappa shape index (κ1) is 12.8. The van der Waals surface area contributed by atoms with Crippen molar-refractivity contribution < 1.29 is 4.74 Å². The molecule has 0 aliphatic heterocycles. The maximum atomic E-state index is 5.38. The Balaban J connectivity index is 1.80. The molecule has 4 nitrogen and oxygen atoms in total. The Bertz CT molecular complexity index is 942. The van der Waals surface area contributed by atoms with Gasteiger partial charge in [0.05, 0.1) is 6.61 Å². The maximum Gasteiger partial charge on any atom is 0.213 e. The highest BCUT2D eigenvalue weighted by molar-refractivity contribution is 6.07. The van der Waals surface area contributed by atoms with Gasteiger partial charge in [-0.15, -0.1) is 0 Å². The second-order valence-corrected chi connectivity index (χ2v) is 5.12. The normalized spacial score (nSPS) is 11.1. The molecule has 4 heteroatoms. The van der Waals surface area contributed by atoms with Crippen LogP contribution in [0.5, 0.6) is 5.88 Å². The number of rotatable bonds is 3. The number of hydrogen-bond acceptors (Lipinski definition) is 3. The molecule has 1 aromatic carbocycles. The Morgan fingerprint density at radius 2 is 1.86 bits per heavy atom. The van der Waals surface area contributed by atoms with Crippen LogP contribution in [0.4, 0.5) is 0 Å². The number of fused-ring (bicyclic) bond motifs is 3. The highest BCUT2D eigenvalue weighted by Crippen LogP contribution is 2.29. The van der Waals surface area contributed by atoms with Crippen LogP contribution in [0.25, 0.3) is 32.9 Å². The van der Waals surface area contributed by atoms with E-state index < -0.39 is 0 Å². The lowest BCUT2D eigenvalue weighted by molar-refractivity contribution is 0.327. The van der Waals surface area contributed by atoms with E-state index in [-0.39, 0.29) is 0 Å². The third-order valence-corrected chi connectivity index (χ3v) is 3.76. The van der Waals surface area contributed by atoms with Crippen molar-refractivity contribution in [3.63, 3.8) is 0 Å². The molecule has 4 aromatic rings. The minimum Gasteiger partial charge on any atom is -0.478 e. The Hall–Kier alpha value is -2.88. The van der Waals surface area contributed by atoms with Gasteiger partial charge in [0.15, 0.2) is 0 Å². The molecule has 0 spiro atoms. The van der Waals surface area contributed by atoms with Gasteiger partial charge < -0.3 is 9.72 Å². The van der Waals surface area contributed by atoms with Gasteiger partial charge in [0.2, 0.25) is 5.88 Å². The van der Waals surface area contributed by atoms with Crippen LogP contribution in [0.3, 0.4) is 0 Å². The molecule has 0 bridgehead atoms. The molecule has 0 unspecified atom stereocenters. The highest BCUT2D eigenvalue weighted by Gasteiger charge is 2.06. The SMILES string of the molecule is CCOc1ccc(-c2ccc3c(c2)[nH]c2ccncc23)cn1. The number of nitrogens with zero attached hydrogens (tertiary/aromatic N) is 2. The van der Waals surface area contributed by atoms with Crippen molar-refractivity contribution >= 4 is 21.8 Å². The molecule has 108 valence electrons. The summed E-state index contributed by atoms with van der Waals surface area (Å²) in [7, 11) is 0. The quantitative estimate of drug-likeness (QED) is 0.615. The van der Waals surface area contributed by atoms with Crippen molar-refractivity contribution in [1.82, 2.24) is 15.0 Å². The minimum absolute atomic E-state index is 0.626. The summed E-state index contributed by atoms with van der Waals surface area (Å²) < 4.78 is 5.38. The molecule has 0 atom stereocenters. The number of pyridine rings is 2. The third kappa shape index (κ3) is 2.09. The fourth-order valence-electron chi connectivity index (χ4n) is 2.71. The molecule has 0 radical (unpaired) electrons. The summed E-state index contributed by atoms with van der Waals surface area (Å²) >= 11 is 0. The van der Waals surface area contributed by atoms with Crippen molar-refractivity contribution in [2.75, 3.05) is 6.61 Å². The van der Waals surface area contributed by atoms with Crippen LogP contribution in [0.15, 0.2) is 55.0 Å². The smallest absolute Gasteiger partial charge is 0.213 e. The first-order valence-electron chi connectivity index (χ1n) is 7.30. The van der Waals surface area contributed by atoms with Crippen LogP contribution in [-0.4, -0.2) is 21.6 Å². The summed E-state index contributed by atoms with van der Waals surface area (Å²) in [6.45, 7) is 2.58. The lowest BCUT2D eigenvalue weighted by Crippen LogP contribution is -1.93. The summed E-state index contributed by atoms with van der Waals surface area (Å²) in [4.78, 5) is 12.0. The third-order valence-electron chi connectivity index (χ3n) is 3.76. The van der Waals surface area contributed by atoms with Gasteiger partial charge in [-0.2, -0.15) is 0 Å². The van der Waals surface area contributed by atoms with Gasteiger partial charge >= 0.3 is 0 Å². The largest absolute Gasteiger partial charge is 0.478 e. The van der Waals surface area contributed by atoms with E-state index in [1.807, 2.05) is 37.5 Å². The summed E-state index contributed by atoms with van der Waals surface area (Å²) in [5, 5.41) is 2.33. The Morgan fingerprint density at radius 1 is 0.955 bits per heavy atom. The summed E-state index contributed by atoms with van der Waals surface area (Å²) in [6, 6.07) is 12.3. The number of nitrogens with one attached hydrogen (secondary N) is 1. The van der Waals surface area contributed by atoms with Crippen LogP contribution in [0, 0.1) is 0 Å².